The summed E-state index contributed by atoms with van der Waals surface area (Å²) in [6.45, 7) is 2.20. The summed E-state index contributed by atoms with van der Waals surface area (Å²) in [5, 5.41) is 0. The first-order chi connectivity index (χ1) is 14.8. The first-order valence-electron chi connectivity index (χ1n) is 12.0. The maximum Gasteiger partial charge on any atom is 0.237 e. The molecule has 3 heteroatoms. The number of fused-ring (bicyclic) bond motifs is 3. The number of piperidine rings is 1. The van der Waals surface area contributed by atoms with E-state index < -0.39 is 0 Å². The Balaban J connectivity index is 1.23. The number of hydrogen-bond acceptors (Lipinski definition) is 2. The number of hydrogen-bond donors (Lipinski definition) is 0. The van der Waals surface area contributed by atoms with Crippen LogP contribution >= 0.6 is 0 Å². The van der Waals surface area contributed by atoms with E-state index in [1.807, 2.05) is 0 Å². The lowest BCUT2D eigenvalue weighted by Crippen LogP contribution is -2.50. The van der Waals surface area contributed by atoms with Crippen LogP contribution in [0, 0.1) is 0 Å². The molecule has 6 rings (SSSR count). The number of likely N-dealkylation sites (tertiary alicyclic amines) is 1. The SMILES string of the molecule is O=C1N(C2CCN(C3CCCc4ccccc43)CC2)c2ccccc2C12CCCC2. The number of nitrogens with zero attached hydrogens (tertiary/aromatic N) is 2. The Labute approximate surface area is 180 Å². The van der Waals surface area contributed by atoms with E-state index in [4.69, 9.17) is 0 Å². The molecular formula is C27H32N2O. The molecule has 2 heterocycles. The minimum Gasteiger partial charge on any atom is -0.308 e. The van der Waals surface area contributed by atoms with E-state index in [1.54, 1.807) is 11.1 Å². The predicted octanol–water partition coefficient (Wildman–Crippen LogP) is 5.39. The second kappa shape index (κ2) is 7.23. The van der Waals surface area contributed by atoms with Gasteiger partial charge in [-0.3, -0.25) is 9.69 Å². The highest BCUT2D eigenvalue weighted by atomic mass is 16.2. The van der Waals surface area contributed by atoms with Crippen LogP contribution in [0.15, 0.2) is 48.5 Å². The lowest BCUT2D eigenvalue weighted by Gasteiger charge is -2.42. The average molecular weight is 401 g/mol. The molecule has 0 bridgehead atoms. The van der Waals surface area contributed by atoms with Crippen molar-refractivity contribution in [2.45, 2.75) is 75.3 Å². The summed E-state index contributed by atoms with van der Waals surface area (Å²) in [5.74, 6) is 0.405. The van der Waals surface area contributed by atoms with Crippen molar-refractivity contribution in [3.63, 3.8) is 0 Å². The number of aryl methyl sites for hydroxylation is 1. The largest absolute Gasteiger partial charge is 0.308 e. The number of para-hydroxylation sites is 1. The summed E-state index contributed by atoms with van der Waals surface area (Å²) in [4.78, 5) is 18.7. The van der Waals surface area contributed by atoms with Gasteiger partial charge in [0, 0.05) is 30.9 Å². The molecule has 0 aromatic heterocycles. The van der Waals surface area contributed by atoms with Gasteiger partial charge in [0.15, 0.2) is 0 Å². The monoisotopic (exact) mass is 400 g/mol. The summed E-state index contributed by atoms with van der Waals surface area (Å²) in [6, 6.07) is 18.6. The van der Waals surface area contributed by atoms with Gasteiger partial charge in [-0.05, 0) is 67.7 Å². The molecule has 1 atom stereocenters. The average Bonchev–Trinajstić information content (AvgIpc) is 3.39. The van der Waals surface area contributed by atoms with Crippen LogP contribution in [0.25, 0.3) is 0 Å². The standard InChI is InChI=1S/C27H32N2O/c30-26-27(16-5-6-17-27)23-11-3-4-12-25(23)29(26)21-14-18-28(19-15-21)24-13-7-9-20-8-1-2-10-22(20)24/h1-4,8,10-12,21,24H,5-7,9,13-19H2. The maximum atomic E-state index is 13.7. The van der Waals surface area contributed by atoms with Gasteiger partial charge in [-0.15, -0.1) is 0 Å². The topological polar surface area (TPSA) is 23.6 Å². The second-order valence-corrected chi connectivity index (χ2v) is 9.86. The number of benzene rings is 2. The molecule has 0 radical (unpaired) electrons. The number of rotatable bonds is 2. The molecule has 1 unspecified atom stereocenters. The van der Waals surface area contributed by atoms with Crippen LogP contribution in [0.1, 0.15) is 74.1 Å². The molecule has 1 amide bonds. The van der Waals surface area contributed by atoms with Crippen LogP contribution in [0.3, 0.4) is 0 Å². The molecule has 1 saturated heterocycles. The van der Waals surface area contributed by atoms with Gasteiger partial charge in [-0.1, -0.05) is 55.3 Å². The highest BCUT2D eigenvalue weighted by Crippen LogP contribution is 2.52. The first kappa shape index (κ1) is 18.6. The Bertz CT molecular complexity index is 953. The molecule has 2 aromatic rings. The summed E-state index contributed by atoms with van der Waals surface area (Å²) in [6.07, 6.45) is 10.4. The molecule has 2 aliphatic heterocycles. The number of carbonyl (C=O) groups is 1. The van der Waals surface area contributed by atoms with Gasteiger partial charge < -0.3 is 4.90 Å². The quantitative estimate of drug-likeness (QED) is 0.675. The highest BCUT2D eigenvalue weighted by molar-refractivity contribution is 6.08. The minimum absolute atomic E-state index is 0.212. The van der Waals surface area contributed by atoms with Crippen molar-refractivity contribution in [2.24, 2.45) is 0 Å². The van der Waals surface area contributed by atoms with Gasteiger partial charge in [0.05, 0.1) is 5.41 Å². The van der Waals surface area contributed by atoms with Gasteiger partial charge in [-0.25, -0.2) is 0 Å². The smallest absolute Gasteiger partial charge is 0.237 e. The van der Waals surface area contributed by atoms with Crippen molar-refractivity contribution in [3.05, 3.63) is 65.2 Å². The Morgan fingerprint density at radius 2 is 1.57 bits per heavy atom. The molecule has 4 aliphatic rings. The normalized spacial score (nSPS) is 26.2. The molecule has 2 aliphatic carbocycles. The van der Waals surface area contributed by atoms with Crippen LogP contribution in [0.2, 0.25) is 0 Å². The van der Waals surface area contributed by atoms with Crippen LogP contribution in [0.5, 0.6) is 0 Å². The van der Waals surface area contributed by atoms with Gasteiger partial charge >= 0.3 is 0 Å². The van der Waals surface area contributed by atoms with Crippen LogP contribution in [-0.4, -0.2) is 29.9 Å². The zero-order chi connectivity index (χ0) is 20.1. The molecule has 30 heavy (non-hydrogen) atoms. The van der Waals surface area contributed by atoms with E-state index in [2.05, 4.69) is 58.3 Å². The maximum absolute atomic E-state index is 13.7. The van der Waals surface area contributed by atoms with Crippen molar-refractivity contribution < 1.29 is 4.79 Å². The lowest BCUT2D eigenvalue weighted by atomic mass is 9.80. The zero-order valence-electron chi connectivity index (χ0n) is 17.9. The fourth-order valence-corrected chi connectivity index (χ4v) is 6.93. The Morgan fingerprint density at radius 3 is 2.40 bits per heavy atom. The molecule has 1 saturated carbocycles. The van der Waals surface area contributed by atoms with E-state index in [0.29, 0.717) is 18.0 Å². The van der Waals surface area contributed by atoms with Gasteiger partial charge in [0.25, 0.3) is 0 Å². The third kappa shape index (κ3) is 2.71. The molecule has 156 valence electrons. The minimum atomic E-state index is -0.212. The summed E-state index contributed by atoms with van der Waals surface area (Å²) >= 11 is 0. The van der Waals surface area contributed by atoms with E-state index in [-0.39, 0.29) is 5.41 Å². The molecular weight excluding hydrogens is 368 g/mol. The number of anilines is 1. The summed E-state index contributed by atoms with van der Waals surface area (Å²) < 4.78 is 0. The fraction of sp³-hybridized carbons (Fsp3) is 0.519. The van der Waals surface area contributed by atoms with Crippen molar-refractivity contribution in [3.8, 4) is 0 Å². The van der Waals surface area contributed by atoms with E-state index in [1.165, 1.54) is 43.4 Å². The second-order valence-electron chi connectivity index (χ2n) is 9.86. The number of carbonyl (C=O) groups excluding carboxylic acids is 1. The van der Waals surface area contributed by atoms with Crippen molar-refractivity contribution >= 4 is 11.6 Å². The number of amides is 1. The summed E-state index contributed by atoms with van der Waals surface area (Å²) in [5.41, 5.74) is 5.41. The van der Waals surface area contributed by atoms with E-state index >= 15 is 0 Å². The van der Waals surface area contributed by atoms with Gasteiger partial charge in [0.1, 0.15) is 0 Å². The first-order valence-corrected chi connectivity index (χ1v) is 12.0. The van der Waals surface area contributed by atoms with Crippen LogP contribution < -0.4 is 4.90 Å². The van der Waals surface area contributed by atoms with Crippen LogP contribution in [-0.2, 0) is 16.6 Å². The Morgan fingerprint density at radius 1 is 0.833 bits per heavy atom. The van der Waals surface area contributed by atoms with E-state index in [0.717, 1.165) is 38.8 Å². The van der Waals surface area contributed by atoms with Crippen LogP contribution in [0.4, 0.5) is 5.69 Å². The molecule has 3 nitrogen and oxygen atoms in total. The third-order valence-electron chi connectivity index (χ3n) is 8.41. The zero-order valence-corrected chi connectivity index (χ0v) is 17.9. The highest BCUT2D eigenvalue weighted by Gasteiger charge is 2.53. The Hall–Kier alpha value is -2.13. The fourth-order valence-electron chi connectivity index (χ4n) is 6.93. The van der Waals surface area contributed by atoms with Gasteiger partial charge in [-0.2, -0.15) is 0 Å². The lowest BCUT2D eigenvalue weighted by molar-refractivity contribution is -0.123. The van der Waals surface area contributed by atoms with Gasteiger partial charge in [0.2, 0.25) is 5.91 Å². The van der Waals surface area contributed by atoms with E-state index in [9.17, 15) is 4.79 Å². The molecule has 2 aromatic carbocycles. The summed E-state index contributed by atoms with van der Waals surface area (Å²) in [7, 11) is 0. The third-order valence-corrected chi connectivity index (χ3v) is 8.41. The molecule has 1 spiro atoms. The Kier molecular flexibility index (Phi) is 4.49. The molecule has 2 fully saturated rings. The molecule has 0 N–H and O–H groups in total. The van der Waals surface area contributed by atoms with Crippen molar-refractivity contribution in [1.29, 1.82) is 0 Å². The van der Waals surface area contributed by atoms with Crippen molar-refractivity contribution in [1.82, 2.24) is 4.90 Å². The van der Waals surface area contributed by atoms with Crippen molar-refractivity contribution in [2.75, 3.05) is 18.0 Å². The predicted molar refractivity (Wildman–Crippen MR) is 121 cm³/mol.